The number of aromatic nitrogens is 1. The van der Waals surface area contributed by atoms with Crippen molar-refractivity contribution in [3.8, 4) is 11.1 Å². The van der Waals surface area contributed by atoms with Gasteiger partial charge < -0.3 is 10.8 Å². The highest BCUT2D eigenvalue weighted by atomic mass is 32.2. The second-order valence-corrected chi connectivity index (χ2v) is 11.2. The van der Waals surface area contributed by atoms with Gasteiger partial charge in [-0.2, -0.15) is 13.2 Å². The molecule has 7 nitrogen and oxygen atoms in total. The van der Waals surface area contributed by atoms with Gasteiger partial charge >= 0.3 is 12.1 Å². The van der Waals surface area contributed by atoms with Crippen LogP contribution in [0.4, 0.5) is 13.2 Å². The Labute approximate surface area is 243 Å². The lowest BCUT2D eigenvalue weighted by Gasteiger charge is -2.35. The minimum Gasteiger partial charge on any atom is -0.480 e. The van der Waals surface area contributed by atoms with Crippen LogP contribution in [0, 0.1) is 0 Å². The topological polar surface area (TPSA) is 106 Å². The third-order valence-electron chi connectivity index (χ3n) is 7.39. The Morgan fingerprint density at radius 2 is 1.79 bits per heavy atom. The number of hydrogen-bond donors (Lipinski definition) is 2. The molecule has 0 saturated heterocycles. The lowest BCUT2D eigenvalue weighted by molar-refractivity contribution is -0.141. The molecule has 5 rings (SSSR count). The number of amides is 1. The number of fused-ring (bicyclic) bond motifs is 2. The van der Waals surface area contributed by atoms with E-state index in [4.69, 9.17) is 5.73 Å². The van der Waals surface area contributed by atoms with Crippen LogP contribution >= 0.6 is 11.9 Å². The number of halogens is 3. The van der Waals surface area contributed by atoms with E-state index in [0.717, 1.165) is 57.8 Å². The van der Waals surface area contributed by atoms with Gasteiger partial charge in [-0.05, 0) is 64.4 Å². The number of rotatable bonds is 8. The Morgan fingerprint density at radius 1 is 1.07 bits per heavy atom. The number of primary amides is 1. The Kier molecular flexibility index (Phi) is 8.16. The number of carboxylic acid groups (broad SMARTS) is 1. The van der Waals surface area contributed by atoms with Gasteiger partial charge in [0.2, 0.25) is 0 Å². The molecule has 42 heavy (non-hydrogen) atoms. The maximum Gasteiger partial charge on any atom is 0.416 e. The van der Waals surface area contributed by atoms with Gasteiger partial charge in [-0.1, -0.05) is 67.9 Å². The fourth-order valence-corrected chi connectivity index (χ4v) is 6.71. The molecule has 4 aromatic rings. The van der Waals surface area contributed by atoms with Crippen LogP contribution in [0.1, 0.15) is 52.9 Å². The third-order valence-corrected chi connectivity index (χ3v) is 8.55. The lowest BCUT2D eigenvalue weighted by Crippen LogP contribution is -2.45. The zero-order chi connectivity index (χ0) is 30.2. The number of nitrogens with zero attached hydrogens (tertiary/aromatic N) is 2. The van der Waals surface area contributed by atoms with Crippen molar-refractivity contribution >= 4 is 34.6 Å². The molecule has 1 aliphatic heterocycles. The van der Waals surface area contributed by atoms with Gasteiger partial charge in [0.25, 0.3) is 11.5 Å². The summed E-state index contributed by atoms with van der Waals surface area (Å²) >= 11 is 1.12. The highest BCUT2D eigenvalue weighted by molar-refractivity contribution is 7.97. The van der Waals surface area contributed by atoms with Gasteiger partial charge in [-0.3, -0.25) is 14.2 Å². The van der Waals surface area contributed by atoms with Crippen molar-refractivity contribution in [2.75, 3.05) is 13.1 Å². The number of benzene rings is 3. The zero-order valence-corrected chi connectivity index (χ0v) is 23.5. The minimum atomic E-state index is -4.66. The van der Waals surface area contributed by atoms with Crippen LogP contribution in [0.25, 0.3) is 21.9 Å². The maximum absolute atomic E-state index is 14.0. The first kappa shape index (κ1) is 29.4. The molecule has 3 aromatic carbocycles. The first-order valence-corrected chi connectivity index (χ1v) is 14.2. The van der Waals surface area contributed by atoms with Crippen molar-refractivity contribution in [3.05, 3.63) is 99.3 Å². The summed E-state index contributed by atoms with van der Waals surface area (Å²) in [6, 6.07) is 16.3. The normalized spacial score (nSPS) is 15.5. The van der Waals surface area contributed by atoms with Gasteiger partial charge in [0.05, 0.1) is 5.56 Å². The molecule has 0 saturated carbocycles. The standard InChI is InChI=1S/C31H28F3N3O4S/c1-2-3-14-36-17-24(30(40)41)37-28(39)26(27(35)38)23(16-19-10-6-9-18-8-4-5-13-22(18)19)25(29(37)42-36)20-11-7-12-21(15-20)31(32,33)34/h4-13,15,24H,2-3,14,16-17H2,1H3,(H2,35,38)(H,40,41). The van der Waals surface area contributed by atoms with E-state index in [1.807, 2.05) is 49.4 Å². The largest absolute Gasteiger partial charge is 0.480 e. The number of hydrogen-bond acceptors (Lipinski definition) is 5. The van der Waals surface area contributed by atoms with Crippen LogP contribution in [0.15, 0.2) is 76.6 Å². The second kappa shape index (κ2) is 11.7. The number of nitrogens with two attached hydrogens (primary N) is 1. The van der Waals surface area contributed by atoms with Crippen LogP contribution in [0.2, 0.25) is 0 Å². The number of carbonyl (C=O) groups is 2. The fourth-order valence-electron chi connectivity index (χ4n) is 5.40. The van der Waals surface area contributed by atoms with E-state index in [1.54, 1.807) is 4.31 Å². The molecule has 218 valence electrons. The summed E-state index contributed by atoms with van der Waals surface area (Å²) in [5.41, 5.74) is 4.71. The molecule has 1 unspecified atom stereocenters. The number of carbonyl (C=O) groups excluding carboxylic acids is 1. The molecule has 0 aliphatic carbocycles. The molecule has 1 atom stereocenters. The van der Waals surface area contributed by atoms with E-state index in [-0.39, 0.29) is 34.7 Å². The van der Waals surface area contributed by atoms with Gasteiger partial charge in [0, 0.05) is 18.7 Å². The Balaban J connectivity index is 1.88. The van der Waals surface area contributed by atoms with Crippen molar-refractivity contribution in [2.24, 2.45) is 5.73 Å². The molecule has 0 bridgehead atoms. The number of carboxylic acids is 1. The summed E-state index contributed by atoms with van der Waals surface area (Å²) in [6.45, 7) is 2.45. The number of pyridine rings is 1. The van der Waals surface area contributed by atoms with E-state index in [0.29, 0.717) is 6.54 Å². The maximum atomic E-state index is 14.0. The van der Waals surface area contributed by atoms with E-state index >= 15 is 0 Å². The Morgan fingerprint density at radius 3 is 2.48 bits per heavy atom. The van der Waals surface area contributed by atoms with E-state index in [9.17, 15) is 32.7 Å². The third kappa shape index (κ3) is 5.54. The van der Waals surface area contributed by atoms with Gasteiger partial charge in [-0.25, -0.2) is 9.10 Å². The number of aliphatic carboxylic acids is 1. The predicted octanol–water partition coefficient (Wildman–Crippen LogP) is 6.13. The average Bonchev–Trinajstić information content (AvgIpc) is 2.95. The minimum absolute atomic E-state index is 0.00153. The van der Waals surface area contributed by atoms with Crippen molar-refractivity contribution in [1.29, 1.82) is 0 Å². The fraction of sp³-hybridized carbons (Fsp3) is 0.258. The molecule has 0 radical (unpaired) electrons. The molecule has 3 N–H and O–H groups in total. The highest BCUT2D eigenvalue weighted by Crippen LogP contribution is 2.43. The van der Waals surface area contributed by atoms with Crippen LogP contribution in [0.5, 0.6) is 0 Å². The molecule has 0 fully saturated rings. The first-order valence-electron chi connectivity index (χ1n) is 13.4. The summed E-state index contributed by atoms with van der Waals surface area (Å²) in [5.74, 6) is -2.38. The molecule has 2 heterocycles. The summed E-state index contributed by atoms with van der Waals surface area (Å²) in [4.78, 5) is 39.4. The number of alkyl halides is 3. The molecular weight excluding hydrogens is 567 g/mol. The van der Waals surface area contributed by atoms with Crippen molar-refractivity contribution in [3.63, 3.8) is 0 Å². The van der Waals surface area contributed by atoms with Crippen molar-refractivity contribution in [2.45, 2.75) is 43.4 Å². The summed E-state index contributed by atoms with van der Waals surface area (Å²) in [6.07, 6.45) is -3.09. The predicted molar refractivity (Wildman–Crippen MR) is 155 cm³/mol. The zero-order valence-electron chi connectivity index (χ0n) is 22.6. The molecule has 11 heteroatoms. The van der Waals surface area contributed by atoms with Crippen LogP contribution in [0.3, 0.4) is 0 Å². The van der Waals surface area contributed by atoms with Crippen molar-refractivity contribution in [1.82, 2.24) is 8.87 Å². The monoisotopic (exact) mass is 595 g/mol. The van der Waals surface area contributed by atoms with Crippen LogP contribution < -0.4 is 11.3 Å². The molecule has 1 aromatic heterocycles. The molecular formula is C31H28F3N3O4S. The molecule has 0 spiro atoms. The SMILES string of the molecule is CCCCN1CC(C(=O)O)n2c(c(-c3cccc(C(F)(F)F)c3)c(Cc3cccc4ccccc34)c(C(N)=O)c2=O)S1. The molecule has 1 aliphatic rings. The summed E-state index contributed by atoms with van der Waals surface area (Å²) < 4.78 is 44.4. The molecule has 1 amide bonds. The number of unbranched alkanes of at least 4 members (excludes halogenated alkanes) is 1. The smallest absolute Gasteiger partial charge is 0.416 e. The quantitative estimate of drug-likeness (QED) is 0.238. The van der Waals surface area contributed by atoms with Crippen LogP contribution in [-0.2, 0) is 17.4 Å². The Hall–Kier alpha value is -4.09. The summed E-state index contributed by atoms with van der Waals surface area (Å²) in [5, 5.41) is 12.1. The van der Waals surface area contributed by atoms with Gasteiger partial charge in [0.1, 0.15) is 16.6 Å². The van der Waals surface area contributed by atoms with Gasteiger partial charge in [0.15, 0.2) is 0 Å². The average molecular weight is 596 g/mol. The Bertz CT molecular complexity index is 1750. The van der Waals surface area contributed by atoms with E-state index in [2.05, 4.69) is 0 Å². The van der Waals surface area contributed by atoms with Crippen molar-refractivity contribution < 1.29 is 27.9 Å². The van der Waals surface area contributed by atoms with E-state index < -0.39 is 40.8 Å². The van der Waals surface area contributed by atoms with E-state index in [1.165, 1.54) is 12.1 Å². The summed E-state index contributed by atoms with van der Waals surface area (Å²) in [7, 11) is 0. The highest BCUT2D eigenvalue weighted by Gasteiger charge is 2.38. The first-order chi connectivity index (χ1) is 20.0. The second-order valence-electron chi connectivity index (χ2n) is 10.2. The van der Waals surface area contributed by atoms with Crippen LogP contribution in [-0.4, -0.2) is 38.9 Å². The van der Waals surface area contributed by atoms with Gasteiger partial charge in [-0.15, -0.1) is 0 Å². The lowest BCUT2D eigenvalue weighted by atomic mass is 9.89.